The second kappa shape index (κ2) is 10.9. The molecule has 1 amide bonds. The SMILES string of the molecule is CNC(=O)c1c(-c2ccc(F)cc2)oc2cc(N(C)C)c(-c3cccc(-c4[nH]c5ccccc5c4-c4cccnc4)c3)cc12. The summed E-state index contributed by atoms with van der Waals surface area (Å²) in [6, 6.07) is 30.6. The number of hydrogen-bond donors (Lipinski definition) is 2. The number of furan rings is 1. The summed E-state index contributed by atoms with van der Waals surface area (Å²) in [6.07, 6.45) is 3.67. The Hall–Kier alpha value is -5.69. The summed E-state index contributed by atoms with van der Waals surface area (Å²) in [7, 11) is 5.56. The number of H-pyrrole nitrogens is 1. The van der Waals surface area contributed by atoms with Crippen molar-refractivity contribution in [1.29, 1.82) is 0 Å². The van der Waals surface area contributed by atoms with Gasteiger partial charge >= 0.3 is 0 Å². The van der Waals surface area contributed by atoms with E-state index in [4.69, 9.17) is 4.42 Å². The standard InChI is InChI=1S/C37H29FN4O2/c1-39-37(43)34-29-19-28(31(42(2)3)20-32(29)44-36(34)22-13-15-26(38)16-14-22)23-8-6-9-24(18-23)35-33(25-10-7-17-40-21-25)27-11-4-5-12-30(27)41-35/h4-21,41H,1-3H3,(H,39,43). The first-order chi connectivity index (χ1) is 21.4. The minimum absolute atomic E-state index is 0.278. The Kier molecular flexibility index (Phi) is 6.70. The van der Waals surface area contributed by atoms with Crippen LogP contribution in [-0.2, 0) is 0 Å². The lowest BCUT2D eigenvalue weighted by molar-refractivity contribution is 0.0964. The highest BCUT2D eigenvalue weighted by molar-refractivity contribution is 6.13. The molecule has 0 radical (unpaired) electrons. The highest BCUT2D eigenvalue weighted by Crippen LogP contribution is 2.43. The number of halogens is 1. The maximum absolute atomic E-state index is 13.7. The maximum Gasteiger partial charge on any atom is 0.255 e. The molecule has 0 unspecified atom stereocenters. The first kappa shape index (κ1) is 27.2. The lowest BCUT2D eigenvalue weighted by Crippen LogP contribution is -2.18. The van der Waals surface area contributed by atoms with Crippen molar-refractivity contribution in [2.24, 2.45) is 0 Å². The second-order valence-corrected chi connectivity index (χ2v) is 10.9. The van der Waals surface area contributed by atoms with E-state index in [9.17, 15) is 9.18 Å². The fraction of sp³-hybridized carbons (Fsp3) is 0.0811. The molecule has 4 aromatic carbocycles. The van der Waals surface area contributed by atoms with E-state index >= 15 is 0 Å². The number of rotatable bonds is 6. The summed E-state index contributed by atoms with van der Waals surface area (Å²) >= 11 is 0. The number of carbonyl (C=O) groups is 1. The highest BCUT2D eigenvalue weighted by Gasteiger charge is 2.24. The minimum Gasteiger partial charge on any atom is -0.455 e. The van der Waals surface area contributed by atoms with Gasteiger partial charge in [-0.25, -0.2) is 4.39 Å². The van der Waals surface area contributed by atoms with Crippen LogP contribution in [0.2, 0.25) is 0 Å². The van der Waals surface area contributed by atoms with E-state index in [1.165, 1.54) is 12.1 Å². The zero-order chi connectivity index (χ0) is 30.4. The van der Waals surface area contributed by atoms with Crippen LogP contribution in [0, 0.1) is 5.82 Å². The summed E-state index contributed by atoms with van der Waals surface area (Å²) in [5, 5.41) is 4.55. The van der Waals surface area contributed by atoms with Crippen molar-refractivity contribution in [1.82, 2.24) is 15.3 Å². The Bertz CT molecular complexity index is 2160. The molecule has 0 fully saturated rings. The van der Waals surface area contributed by atoms with Crippen LogP contribution < -0.4 is 10.2 Å². The Morgan fingerprint density at radius 3 is 2.36 bits per heavy atom. The summed E-state index contributed by atoms with van der Waals surface area (Å²) in [5.74, 6) is -0.237. The van der Waals surface area contributed by atoms with Crippen LogP contribution in [0.25, 0.3) is 66.7 Å². The first-order valence-electron chi connectivity index (χ1n) is 14.3. The molecular formula is C37H29FN4O2. The summed E-state index contributed by atoms with van der Waals surface area (Å²) in [5.41, 5.74) is 9.65. The van der Waals surface area contributed by atoms with E-state index in [1.54, 1.807) is 25.4 Å². The number of pyridine rings is 1. The van der Waals surface area contributed by atoms with Crippen LogP contribution in [0.5, 0.6) is 0 Å². The van der Waals surface area contributed by atoms with Gasteiger partial charge in [0.1, 0.15) is 17.2 Å². The Balaban J connectivity index is 1.44. The van der Waals surface area contributed by atoms with Gasteiger partial charge in [0.15, 0.2) is 0 Å². The predicted octanol–water partition coefficient (Wildman–Crippen LogP) is 8.54. The molecule has 2 N–H and O–H groups in total. The van der Waals surface area contributed by atoms with Gasteiger partial charge in [-0.3, -0.25) is 9.78 Å². The monoisotopic (exact) mass is 580 g/mol. The largest absolute Gasteiger partial charge is 0.455 e. The molecular weight excluding hydrogens is 551 g/mol. The maximum atomic E-state index is 13.7. The number of anilines is 1. The molecule has 0 saturated heterocycles. The van der Waals surface area contributed by atoms with Crippen molar-refractivity contribution in [3.63, 3.8) is 0 Å². The van der Waals surface area contributed by atoms with E-state index in [-0.39, 0.29) is 11.7 Å². The number of nitrogens with one attached hydrogen (secondary N) is 2. The molecule has 6 nitrogen and oxygen atoms in total. The number of para-hydroxylation sites is 1. The average molecular weight is 581 g/mol. The van der Waals surface area contributed by atoms with Crippen molar-refractivity contribution in [2.75, 3.05) is 26.0 Å². The Labute approximate surface area is 253 Å². The van der Waals surface area contributed by atoms with Gasteiger partial charge in [-0.05, 0) is 59.7 Å². The molecule has 0 aliphatic rings. The van der Waals surface area contributed by atoms with Crippen molar-refractivity contribution < 1.29 is 13.6 Å². The number of aromatic nitrogens is 2. The van der Waals surface area contributed by atoms with Gasteiger partial charge in [0.25, 0.3) is 5.91 Å². The number of amides is 1. The molecule has 7 heteroatoms. The van der Waals surface area contributed by atoms with E-state index in [0.29, 0.717) is 27.9 Å². The summed E-state index contributed by atoms with van der Waals surface area (Å²) < 4.78 is 20.0. The van der Waals surface area contributed by atoms with E-state index < -0.39 is 0 Å². The Morgan fingerprint density at radius 1 is 0.841 bits per heavy atom. The number of fused-ring (bicyclic) bond motifs is 2. The lowest BCUT2D eigenvalue weighted by Gasteiger charge is -2.18. The van der Waals surface area contributed by atoms with Crippen LogP contribution in [0.4, 0.5) is 10.1 Å². The predicted molar refractivity (Wildman–Crippen MR) is 175 cm³/mol. The first-order valence-corrected chi connectivity index (χ1v) is 14.3. The zero-order valence-corrected chi connectivity index (χ0v) is 24.5. The third kappa shape index (κ3) is 4.59. The quantitative estimate of drug-likeness (QED) is 0.207. The fourth-order valence-electron chi connectivity index (χ4n) is 5.90. The van der Waals surface area contributed by atoms with Gasteiger partial charge in [-0.2, -0.15) is 0 Å². The molecule has 3 heterocycles. The fourth-order valence-corrected chi connectivity index (χ4v) is 5.90. The molecule has 44 heavy (non-hydrogen) atoms. The third-order valence-electron chi connectivity index (χ3n) is 7.97. The molecule has 7 aromatic rings. The Morgan fingerprint density at radius 2 is 1.61 bits per heavy atom. The van der Waals surface area contributed by atoms with Crippen LogP contribution >= 0.6 is 0 Å². The second-order valence-electron chi connectivity index (χ2n) is 10.9. The number of nitrogens with zero attached hydrogens (tertiary/aromatic N) is 2. The van der Waals surface area contributed by atoms with E-state index in [2.05, 4.69) is 51.7 Å². The lowest BCUT2D eigenvalue weighted by atomic mass is 9.94. The molecule has 216 valence electrons. The van der Waals surface area contributed by atoms with Gasteiger partial charge in [-0.15, -0.1) is 0 Å². The van der Waals surface area contributed by atoms with Crippen LogP contribution in [-0.4, -0.2) is 37.0 Å². The molecule has 0 spiro atoms. The van der Waals surface area contributed by atoms with E-state index in [0.717, 1.165) is 50.1 Å². The van der Waals surface area contributed by atoms with Crippen LogP contribution in [0.3, 0.4) is 0 Å². The topological polar surface area (TPSA) is 74.2 Å². The normalized spacial score (nSPS) is 11.3. The molecule has 0 bridgehead atoms. The molecule has 0 atom stereocenters. The smallest absolute Gasteiger partial charge is 0.255 e. The molecule has 0 aliphatic carbocycles. The number of carbonyl (C=O) groups excluding carboxylic acids is 1. The van der Waals surface area contributed by atoms with E-state index in [1.807, 2.05) is 61.6 Å². The van der Waals surface area contributed by atoms with Gasteiger partial charge in [-0.1, -0.05) is 42.5 Å². The average Bonchev–Trinajstić information content (AvgIpc) is 3.63. The van der Waals surface area contributed by atoms with Gasteiger partial charge in [0.2, 0.25) is 0 Å². The number of benzene rings is 4. The summed E-state index contributed by atoms with van der Waals surface area (Å²) in [6.45, 7) is 0. The minimum atomic E-state index is -0.356. The number of aromatic amines is 1. The van der Waals surface area contributed by atoms with Gasteiger partial charge in [0, 0.05) is 83.8 Å². The van der Waals surface area contributed by atoms with Crippen molar-refractivity contribution in [2.45, 2.75) is 0 Å². The molecule has 0 aliphatic heterocycles. The highest BCUT2D eigenvalue weighted by atomic mass is 19.1. The van der Waals surface area contributed by atoms with Crippen LogP contribution in [0.15, 0.2) is 114 Å². The molecule has 0 saturated carbocycles. The third-order valence-corrected chi connectivity index (χ3v) is 7.97. The zero-order valence-electron chi connectivity index (χ0n) is 24.5. The number of hydrogen-bond acceptors (Lipinski definition) is 4. The van der Waals surface area contributed by atoms with Crippen molar-refractivity contribution in [3.8, 4) is 44.8 Å². The molecule has 7 rings (SSSR count). The van der Waals surface area contributed by atoms with Gasteiger partial charge < -0.3 is 19.6 Å². The summed E-state index contributed by atoms with van der Waals surface area (Å²) in [4.78, 5) is 23.3. The van der Waals surface area contributed by atoms with Crippen molar-refractivity contribution >= 4 is 33.5 Å². The van der Waals surface area contributed by atoms with Crippen LogP contribution in [0.1, 0.15) is 10.4 Å². The van der Waals surface area contributed by atoms with Crippen molar-refractivity contribution in [3.05, 3.63) is 121 Å². The molecule has 3 aromatic heterocycles. The van der Waals surface area contributed by atoms with Gasteiger partial charge in [0.05, 0.1) is 11.3 Å².